The summed E-state index contributed by atoms with van der Waals surface area (Å²) in [5.41, 5.74) is 4.95. The van der Waals surface area contributed by atoms with Crippen LogP contribution < -0.4 is 5.32 Å². The van der Waals surface area contributed by atoms with Crippen LogP contribution in [0.5, 0.6) is 0 Å². The molecule has 0 amide bonds. The molecule has 0 aliphatic heterocycles. The third-order valence-corrected chi connectivity index (χ3v) is 3.45. The predicted octanol–water partition coefficient (Wildman–Crippen LogP) is 4.02. The van der Waals surface area contributed by atoms with Crippen LogP contribution in [0, 0.1) is 33.5 Å². The van der Waals surface area contributed by atoms with Crippen LogP contribution in [-0.4, -0.2) is 10.2 Å². The van der Waals surface area contributed by atoms with E-state index in [-0.39, 0.29) is 11.9 Å². The van der Waals surface area contributed by atoms with Crippen LogP contribution in [0.15, 0.2) is 18.2 Å². The Balaban J connectivity index is 2.31. The van der Waals surface area contributed by atoms with Gasteiger partial charge in [0.15, 0.2) is 5.82 Å². The molecule has 0 spiro atoms. The summed E-state index contributed by atoms with van der Waals surface area (Å²) in [7, 11) is 0. The number of rotatable bonds is 3. The molecule has 0 bridgehead atoms. The van der Waals surface area contributed by atoms with E-state index in [0.717, 1.165) is 33.8 Å². The lowest BCUT2D eigenvalue weighted by molar-refractivity contribution is 0.623. The molecule has 1 aromatic heterocycles. The maximum atomic E-state index is 13.4. The lowest BCUT2D eigenvalue weighted by Gasteiger charge is -2.20. The largest absolute Gasteiger partial charge is 0.362 e. The Morgan fingerprint density at radius 1 is 0.950 bits per heavy atom. The Morgan fingerprint density at radius 3 is 2.10 bits per heavy atom. The molecule has 4 heteroatoms. The molecule has 0 saturated carbocycles. The van der Waals surface area contributed by atoms with Crippen LogP contribution in [0.1, 0.15) is 40.9 Å². The van der Waals surface area contributed by atoms with Crippen molar-refractivity contribution in [1.82, 2.24) is 10.2 Å². The number of halogens is 1. The van der Waals surface area contributed by atoms with Gasteiger partial charge >= 0.3 is 0 Å². The first-order valence-electron chi connectivity index (χ1n) is 6.72. The molecule has 3 nitrogen and oxygen atoms in total. The summed E-state index contributed by atoms with van der Waals surface area (Å²) in [5, 5.41) is 11.6. The Labute approximate surface area is 119 Å². The van der Waals surface area contributed by atoms with Crippen molar-refractivity contribution in [3.8, 4) is 0 Å². The average Bonchev–Trinajstić information content (AvgIpc) is 2.31. The molecule has 0 saturated heterocycles. The lowest BCUT2D eigenvalue weighted by Crippen LogP contribution is -2.13. The molecule has 1 N–H and O–H groups in total. The molecule has 1 aromatic carbocycles. The van der Waals surface area contributed by atoms with Gasteiger partial charge in [-0.05, 0) is 75.1 Å². The first kappa shape index (κ1) is 14.4. The van der Waals surface area contributed by atoms with E-state index in [1.54, 1.807) is 12.1 Å². The summed E-state index contributed by atoms with van der Waals surface area (Å²) >= 11 is 0. The number of aromatic nitrogens is 2. The van der Waals surface area contributed by atoms with Crippen molar-refractivity contribution in [2.24, 2.45) is 0 Å². The van der Waals surface area contributed by atoms with E-state index in [2.05, 4.69) is 15.5 Å². The van der Waals surface area contributed by atoms with Crippen molar-refractivity contribution in [2.45, 2.75) is 40.7 Å². The minimum Gasteiger partial charge on any atom is -0.362 e. The summed E-state index contributed by atoms with van der Waals surface area (Å²) in [6.07, 6.45) is 0. The van der Waals surface area contributed by atoms with Crippen LogP contribution in [0.25, 0.3) is 0 Å². The smallest absolute Gasteiger partial charge is 0.152 e. The fraction of sp³-hybridized carbons (Fsp3) is 0.375. The highest BCUT2D eigenvalue weighted by Crippen LogP contribution is 2.26. The monoisotopic (exact) mass is 273 g/mol. The van der Waals surface area contributed by atoms with Crippen molar-refractivity contribution < 1.29 is 4.39 Å². The Bertz CT molecular complexity index is 615. The molecule has 2 aromatic rings. The maximum Gasteiger partial charge on any atom is 0.152 e. The fourth-order valence-electron chi connectivity index (χ4n) is 2.64. The van der Waals surface area contributed by atoms with Gasteiger partial charge in [0.2, 0.25) is 0 Å². The zero-order chi connectivity index (χ0) is 14.9. The number of nitrogens with zero attached hydrogens (tertiary/aromatic N) is 2. The van der Waals surface area contributed by atoms with Crippen molar-refractivity contribution in [3.05, 3.63) is 52.0 Å². The quantitative estimate of drug-likeness (QED) is 0.917. The summed E-state index contributed by atoms with van der Waals surface area (Å²) in [4.78, 5) is 0. The lowest BCUT2D eigenvalue weighted by atomic mass is 9.97. The van der Waals surface area contributed by atoms with E-state index in [1.165, 1.54) is 0 Å². The van der Waals surface area contributed by atoms with Crippen molar-refractivity contribution in [1.29, 1.82) is 0 Å². The molecule has 0 aliphatic carbocycles. The number of benzene rings is 1. The van der Waals surface area contributed by atoms with E-state index >= 15 is 0 Å². The zero-order valence-corrected chi connectivity index (χ0v) is 12.6. The minimum atomic E-state index is -0.192. The maximum absolute atomic E-state index is 13.4. The van der Waals surface area contributed by atoms with Gasteiger partial charge in [-0.3, -0.25) is 0 Å². The molecule has 0 fully saturated rings. The number of aryl methyl sites for hydroxylation is 4. The third-order valence-electron chi connectivity index (χ3n) is 3.45. The summed E-state index contributed by atoms with van der Waals surface area (Å²) in [6.45, 7) is 9.82. The SMILES string of the molecule is Cc1cc(C)c(N[C@H](C)c2c(C)cc(F)cc2C)nn1. The van der Waals surface area contributed by atoms with E-state index < -0.39 is 0 Å². The van der Waals surface area contributed by atoms with Gasteiger partial charge in [-0.1, -0.05) is 0 Å². The van der Waals surface area contributed by atoms with Crippen molar-refractivity contribution in [3.63, 3.8) is 0 Å². The van der Waals surface area contributed by atoms with E-state index in [4.69, 9.17) is 0 Å². The Hall–Kier alpha value is -1.97. The van der Waals surface area contributed by atoms with E-state index in [0.29, 0.717) is 0 Å². The third kappa shape index (κ3) is 2.95. The summed E-state index contributed by atoms with van der Waals surface area (Å²) in [6, 6.07) is 5.17. The molecule has 2 rings (SSSR count). The van der Waals surface area contributed by atoms with Gasteiger partial charge in [0.25, 0.3) is 0 Å². The minimum absolute atomic E-state index is 0.0475. The first-order valence-corrected chi connectivity index (χ1v) is 6.72. The highest BCUT2D eigenvalue weighted by Gasteiger charge is 2.14. The van der Waals surface area contributed by atoms with Gasteiger partial charge in [-0.15, -0.1) is 5.10 Å². The van der Waals surface area contributed by atoms with Crippen LogP contribution >= 0.6 is 0 Å². The Kier molecular flexibility index (Phi) is 4.02. The van der Waals surface area contributed by atoms with Crippen LogP contribution in [-0.2, 0) is 0 Å². The highest BCUT2D eigenvalue weighted by atomic mass is 19.1. The van der Waals surface area contributed by atoms with Gasteiger partial charge in [0.05, 0.1) is 11.7 Å². The molecule has 1 heterocycles. The standard InChI is InChI=1S/C16H20FN3/c1-9-7-14(17)8-10(2)15(9)13(5)18-16-11(3)6-12(4)19-20-16/h6-8,13H,1-5H3,(H,18,20)/t13-/m1/s1. The van der Waals surface area contributed by atoms with E-state index in [9.17, 15) is 4.39 Å². The molecular formula is C16H20FN3. The topological polar surface area (TPSA) is 37.8 Å². The Morgan fingerprint density at radius 2 is 1.55 bits per heavy atom. The number of hydrogen-bond donors (Lipinski definition) is 1. The van der Waals surface area contributed by atoms with Gasteiger partial charge in [0.1, 0.15) is 5.82 Å². The molecular weight excluding hydrogens is 253 g/mol. The van der Waals surface area contributed by atoms with Crippen LogP contribution in [0.4, 0.5) is 10.2 Å². The second-order valence-electron chi connectivity index (χ2n) is 5.34. The average molecular weight is 273 g/mol. The molecule has 0 radical (unpaired) electrons. The van der Waals surface area contributed by atoms with Crippen LogP contribution in [0.2, 0.25) is 0 Å². The molecule has 106 valence electrons. The van der Waals surface area contributed by atoms with Gasteiger partial charge < -0.3 is 5.32 Å². The molecule has 0 unspecified atom stereocenters. The summed E-state index contributed by atoms with van der Waals surface area (Å²) in [5.74, 6) is 0.577. The normalized spacial score (nSPS) is 12.3. The number of hydrogen-bond acceptors (Lipinski definition) is 3. The fourth-order valence-corrected chi connectivity index (χ4v) is 2.64. The second-order valence-corrected chi connectivity index (χ2v) is 5.34. The zero-order valence-electron chi connectivity index (χ0n) is 12.6. The van der Waals surface area contributed by atoms with Crippen molar-refractivity contribution in [2.75, 3.05) is 5.32 Å². The number of nitrogens with one attached hydrogen (secondary N) is 1. The molecule has 20 heavy (non-hydrogen) atoms. The highest BCUT2D eigenvalue weighted by molar-refractivity contribution is 5.47. The first-order chi connectivity index (χ1) is 9.38. The van der Waals surface area contributed by atoms with Crippen LogP contribution in [0.3, 0.4) is 0 Å². The second kappa shape index (κ2) is 5.57. The van der Waals surface area contributed by atoms with Crippen molar-refractivity contribution >= 4 is 5.82 Å². The predicted molar refractivity (Wildman–Crippen MR) is 79.4 cm³/mol. The molecule has 1 atom stereocenters. The van der Waals surface area contributed by atoms with E-state index in [1.807, 2.05) is 40.7 Å². The summed E-state index contributed by atoms with van der Waals surface area (Å²) < 4.78 is 13.4. The van der Waals surface area contributed by atoms with Gasteiger partial charge in [0, 0.05) is 0 Å². The molecule has 0 aliphatic rings. The van der Waals surface area contributed by atoms with Gasteiger partial charge in [-0.2, -0.15) is 5.10 Å². The number of anilines is 1. The van der Waals surface area contributed by atoms with Gasteiger partial charge in [-0.25, -0.2) is 4.39 Å².